The first-order chi connectivity index (χ1) is 5.17. The zero-order valence-corrected chi connectivity index (χ0v) is 9.91. The van der Waals surface area contributed by atoms with Crippen molar-refractivity contribution < 1.29 is 43.6 Å². The molecule has 1 aromatic rings. The Morgan fingerprint density at radius 2 is 1.92 bits per heavy atom. The summed E-state index contributed by atoms with van der Waals surface area (Å²) in [5.74, 6) is 0. The molecule has 0 atom stereocenters. The van der Waals surface area contributed by atoms with Gasteiger partial charge in [-0.2, -0.15) is 8.42 Å². The summed E-state index contributed by atoms with van der Waals surface area (Å²) in [5, 5.41) is 0. The van der Waals surface area contributed by atoms with Gasteiger partial charge < -0.3 is 1.43 Å². The van der Waals surface area contributed by atoms with Gasteiger partial charge in [0, 0.05) is 12.4 Å². The molecule has 0 aliphatic carbocycles. The molecule has 4 nitrogen and oxygen atoms in total. The number of hydrogen-bond acceptors (Lipinski definition) is 3. The second-order valence-electron chi connectivity index (χ2n) is 1.88. The van der Waals surface area contributed by atoms with Crippen molar-refractivity contribution in [3.8, 4) is 0 Å². The molecule has 0 radical (unpaired) electrons. The molecule has 0 unspecified atom stereocenters. The first-order valence-corrected chi connectivity index (χ1v) is 4.56. The first kappa shape index (κ1) is 12.2. The minimum Gasteiger partial charge on any atom is -1.00 e. The van der Waals surface area contributed by atoms with Crippen molar-refractivity contribution in [3.63, 3.8) is 0 Å². The van der Waals surface area contributed by atoms with Gasteiger partial charge in [0.15, 0.2) is 0 Å². The van der Waals surface area contributed by atoms with Crippen molar-refractivity contribution in [2.45, 2.75) is 6.92 Å². The van der Waals surface area contributed by atoms with Gasteiger partial charge in [0.2, 0.25) is 0 Å². The molecule has 0 aliphatic heterocycles. The topological polar surface area (TPSA) is 48.3 Å². The summed E-state index contributed by atoms with van der Waals surface area (Å²) < 4.78 is 27.6. The second kappa shape index (κ2) is 5.04. The Morgan fingerprint density at radius 1 is 1.42 bits per heavy atom. The van der Waals surface area contributed by atoms with Crippen LogP contribution >= 0.6 is 0 Å². The Morgan fingerprint density at radius 3 is 2.33 bits per heavy atom. The van der Waals surface area contributed by atoms with E-state index in [4.69, 9.17) is 0 Å². The van der Waals surface area contributed by atoms with E-state index in [1.807, 2.05) is 0 Å². The standard InChI is InChI=1S/C6H9NO3S.Na.H/c1-2-10-11(8,9)7-5-3-4-6-7;;/h3-6H,2H2,1H3;;/q;+1;-1. The molecule has 0 saturated heterocycles. The van der Waals surface area contributed by atoms with E-state index in [2.05, 4.69) is 4.18 Å². The fraction of sp³-hybridized carbons (Fsp3) is 0.333. The van der Waals surface area contributed by atoms with Gasteiger partial charge in [-0.1, -0.05) is 0 Å². The Balaban J connectivity index is 0. The Labute approximate surface area is 95.6 Å². The van der Waals surface area contributed by atoms with Crippen molar-refractivity contribution in [1.82, 2.24) is 3.97 Å². The molecular formula is C6H10NNaO3S. The van der Waals surface area contributed by atoms with Crippen LogP contribution in [0.2, 0.25) is 0 Å². The van der Waals surface area contributed by atoms with Crippen LogP contribution in [0.15, 0.2) is 24.5 Å². The molecule has 0 spiro atoms. The normalized spacial score (nSPS) is 10.8. The third-order valence-electron chi connectivity index (χ3n) is 1.10. The third kappa shape index (κ3) is 2.91. The van der Waals surface area contributed by atoms with E-state index < -0.39 is 10.3 Å². The van der Waals surface area contributed by atoms with Gasteiger partial charge in [-0.25, -0.2) is 3.97 Å². The quantitative estimate of drug-likeness (QED) is 0.516. The van der Waals surface area contributed by atoms with Crippen LogP contribution in [0.5, 0.6) is 0 Å². The van der Waals surface area contributed by atoms with Crippen LogP contribution in [0, 0.1) is 0 Å². The molecule has 0 saturated carbocycles. The predicted molar refractivity (Wildman–Crippen MR) is 41.5 cm³/mol. The van der Waals surface area contributed by atoms with Crippen LogP contribution in [0.3, 0.4) is 0 Å². The number of hydrogen-bond donors (Lipinski definition) is 0. The van der Waals surface area contributed by atoms with Crippen molar-refractivity contribution >= 4 is 10.3 Å². The molecular weight excluding hydrogens is 189 g/mol. The maximum Gasteiger partial charge on any atom is 1.00 e. The predicted octanol–water partition coefficient (Wildman–Crippen LogP) is -2.27. The minimum atomic E-state index is -3.55. The molecule has 0 aromatic carbocycles. The van der Waals surface area contributed by atoms with E-state index in [-0.39, 0.29) is 37.6 Å². The van der Waals surface area contributed by atoms with Crippen LogP contribution in [0.25, 0.3) is 0 Å². The maximum atomic E-state index is 11.0. The number of rotatable bonds is 3. The summed E-state index contributed by atoms with van der Waals surface area (Å²) in [4.78, 5) is 0. The summed E-state index contributed by atoms with van der Waals surface area (Å²) in [7, 11) is -3.55. The Bertz CT molecular complexity index is 311. The molecule has 1 rings (SSSR count). The van der Waals surface area contributed by atoms with E-state index in [0.29, 0.717) is 0 Å². The van der Waals surface area contributed by atoms with Gasteiger partial charge in [0.05, 0.1) is 6.61 Å². The second-order valence-corrected chi connectivity index (χ2v) is 3.39. The van der Waals surface area contributed by atoms with Gasteiger partial charge in [-0.05, 0) is 19.1 Å². The molecule has 12 heavy (non-hydrogen) atoms. The zero-order chi connectivity index (χ0) is 8.32. The monoisotopic (exact) mass is 199 g/mol. The Kier molecular flexibility index (Phi) is 5.12. The largest absolute Gasteiger partial charge is 1.00 e. The van der Waals surface area contributed by atoms with Crippen LogP contribution in [0.1, 0.15) is 8.35 Å². The molecule has 0 fully saturated rings. The third-order valence-corrected chi connectivity index (χ3v) is 2.40. The molecule has 6 heteroatoms. The van der Waals surface area contributed by atoms with E-state index >= 15 is 0 Å². The molecule has 1 aromatic heterocycles. The summed E-state index contributed by atoms with van der Waals surface area (Å²) in [5.41, 5.74) is 0. The summed E-state index contributed by atoms with van der Waals surface area (Å²) in [6.07, 6.45) is 2.84. The molecule has 0 N–H and O–H groups in total. The van der Waals surface area contributed by atoms with Crippen LogP contribution in [0.4, 0.5) is 0 Å². The molecule has 1 heterocycles. The van der Waals surface area contributed by atoms with Gasteiger partial charge in [0.25, 0.3) is 0 Å². The van der Waals surface area contributed by atoms with E-state index in [0.717, 1.165) is 3.97 Å². The summed E-state index contributed by atoms with van der Waals surface area (Å²) in [6, 6.07) is 3.24. The molecule has 0 amide bonds. The van der Waals surface area contributed by atoms with E-state index in [9.17, 15) is 8.42 Å². The zero-order valence-electron chi connectivity index (χ0n) is 8.10. The number of nitrogens with zero attached hydrogens (tertiary/aromatic N) is 1. The molecule has 0 aliphatic rings. The smallest absolute Gasteiger partial charge is 1.00 e. The van der Waals surface area contributed by atoms with Gasteiger partial charge in [-0.15, -0.1) is 0 Å². The summed E-state index contributed by atoms with van der Waals surface area (Å²) >= 11 is 0. The SMILES string of the molecule is CCOS(=O)(=O)n1cccc1.[H-].[Na+]. The van der Waals surface area contributed by atoms with Crippen molar-refractivity contribution in [1.29, 1.82) is 0 Å². The van der Waals surface area contributed by atoms with Gasteiger partial charge >= 0.3 is 39.9 Å². The fourth-order valence-electron chi connectivity index (χ4n) is 0.678. The van der Waals surface area contributed by atoms with Gasteiger partial charge in [0.1, 0.15) is 0 Å². The van der Waals surface area contributed by atoms with E-state index in [1.54, 1.807) is 19.1 Å². The van der Waals surface area contributed by atoms with Crippen LogP contribution in [-0.4, -0.2) is 19.0 Å². The van der Waals surface area contributed by atoms with Crippen LogP contribution < -0.4 is 29.6 Å². The number of aromatic nitrogens is 1. The van der Waals surface area contributed by atoms with Crippen LogP contribution in [-0.2, 0) is 14.5 Å². The first-order valence-electron chi connectivity index (χ1n) is 3.19. The van der Waals surface area contributed by atoms with Crippen molar-refractivity contribution in [2.75, 3.05) is 6.61 Å². The van der Waals surface area contributed by atoms with E-state index in [1.165, 1.54) is 12.4 Å². The average Bonchev–Trinajstić information content (AvgIpc) is 2.37. The van der Waals surface area contributed by atoms with Crippen molar-refractivity contribution in [3.05, 3.63) is 24.5 Å². The molecule has 0 bridgehead atoms. The van der Waals surface area contributed by atoms with Gasteiger partial charge in [-0.3, -0.25) is 4.18 Å². The minimum absolute atomic E-state index is 0. The van der Waals surface area contributed by atoms with Crippen molar-refractivity contribution in [2.24, 2.45) is 0 Å². The average molecular weight is 199 g/mol. The summed E-state index contributed by atoms with van der Waals surface area (Å²) in [6.45, 7) is 1.78. The maximum absolute atomic E-state index is 11.0. The Hall–Kier alpha value is 0.190. The fourth-order valence-corrected chi connectivity index (χ4v) is 1.54. The molecule has 64 valence electrons.